The van der Waals surface area contributed by atoms with Gasteiger partial charge in [-0.1, -0.05) is 42.0 Å². The number of nitrogens with one attached hydrogen (secondary N) is 1. The summed E-state index contributed by atoms with van der Waals surface area (Å²) in [6.07, 6.45) is 8.11. The molecule has 2 bridgehead atoms. The fourth-order valence-corrected chi connectivity index (χ4v) is 5.69. The summed E-state index contributed by atoms with van der Waals surface area (Å²) in [6, 6.07) is 8.86. The summed E-state index contributed by atoms with van der Waals surface area (Å²) < 4.78 is 0. The molecule has 3 heteroatoms. The largest absolute Gasteiger partial charge is 0.320 e. The van der Waals surface area contributed by atoms with Gasteiger partial charge in [0, 0.05) is 12.5 Å². The van der Waals surface area contributed by atoms with Gasteiger partial charge in [0.1, 0.15) is 5.66 Å². The van der Waals surface area contributed by atoms with Crippen molar-refractivity contribution in [2.24, 2.45) is 23.7 Å². The lowest BCUT2D eigenvalue weighted by atomic mass is 9.75. The molecule has 1 amide bonds. The van der Waals surface area contributed by atoms with Gasteiger partial charge >= 0.3 is 0 Å². The van der Waals surface area contributed by atoms with Gasteiger partial charge < -0.3 is 4.90 Å². The lowest BCUT2D eigenvalue weighted by Gasteiger charge is -2.44. The van der Waals surface area contributed by atoms with Gasteiger partial charge in [0.25, 0.3) is 0 Å². The molecule has 120 valence electrons. The van der Waals surface area contributed by atoms with Crippen LogP contribution in [-0.2, 0) is 10.5 Å². The number of aryl methyl sites for hydroxylation is 1. The van der Waals surface area contributed by atoms with Gasteiger partial charge in [-0.2, -0.15) is 0 Å². The summed E-state index contributed by atoms with van der Waals surface area (Å²) in [6.45, 7) is 4.02. The summed E-state index contributed by atoms with van der Waals surface area (Å²) in [5.74, 6) is 1.99. The maximum absolute atomic E-state index is 13.3. The molecule has 23 heavy (non-hydrogen) atoms. The first-order chi connectivity index (χ1) is 11.2. The highest BCUT2D eigenvalue weighted by atomic mass is 16.2. The van der Waals surface area contributed by atoms with Gasteiger partial charge in [-0.15, -0.1) is 0 Å². The number of fused-ring (bicyclic) bond motifs is 7. The van der Waals surface area contributed by atoms with Gasteiger partial charge in [0.05, 0.1) is 5.92 Å². The Bertz CT molecular complexity index is 679. The van der Waals surface area contributed by atoms with E-state index in [-0.39, 0.29) is 11.6 Å². The smallest absolute Gasteiger partial charge is 0.228 e. The third kappa shape index (κ3) is 1.66. The molecule has 5 rings (SSSR count). The van der Waals surface area contributed by atoms with E-state index in [1.54, 1.807) is 0 Å². The Morgan fingerprint density at radius 1 is 1.13 bits per heavy atom. The third-order valence-electron chi connectivity index (χ3n) is 6.61. The molecule has 2 saturated heterocycles. The van der Waals surface area contributed by atoms with Crippen LogP contribution in [-0.4, -0.2) is 23.9 Å². The van der Waals surface area contributed by atoms with Crippen LogP contribution in [0.4, 0.5) is 0 Å². The molecule has 3 fully saturated rings. The van der Waals surface area contributed by atoms with Crippen molar-refractivity contribution >= 4 is 5.91 Å². The Kier molecular flexibility index (Phi) is 2.82. The highest BCUT2D eigenvalue weighted by Crippen LogP contribution is 2.61. The first-order valence-electron chi connectivity index (χ1n) is 9.04. The molecule has 1 N–H and O–H groups in total. The maximum atomic E-state index is 13.3. The molecular weight excluding hydrogens is 284 g/mol. The van der Waals surface area contributed by atoms with Crippen LogP contribution in [0.25, 0.3) is 0 Å². The maximum Gasteiger partial charge on any atom is 0.228 e. The number of amides is 1. The average molecular weight is 308 g/mol. The standard InChI is InChI=1S/C20H24N2O/c1-13-4-8-16(9-5-13)20-18-15-7-6-14(12-15)17(18)19(23)22(20)11-3-2-10-21-20/h4-9,14-15,17-18,21H,2-3,10-12H2,1H3/t14-,15+,17-,18+,20+/m0/s1. The van der Waals surface area contributed by atoms with Crippen molar-refractivity contribution in [2.45, 2.75) is 31.8 Å². The zero-order valence-corrected chi connectivity index (χ0v) is 13.7. The van der Waals surface area contributed by atoms with Gasteiger partial charge in [-0.05, 0) is 50.1 Å². The van der Waals surface area contributed by atoms with Crippen LogP contribution in [0.3, 0.4) is 0 Å². The zero-order chi connectivity index (χ0) is 15.6. The quantitative estimate of drug-likeness (QED) is 0.809. The summed E-state index contributed by atoms with van der Waals surface area (Å²) in [5, 5.41) is 3.85. The van der Waals surface area contributed by atoms with E-state index in [1.165, 1.54) is 17.5 Å². The molecule has 3 nitrogen and oxygen atoms in total. The summed E-state index contributed by atoms with van der Waals surface area (Å²) in [4.78, 5) is 15.5. The number of rotatable bonds is 1. The Morgan fingerprint density at radius 3 is 2.74 bits per heavy atom. The average Bonchev–Trinajstić information content (AvgIpc) is 3.17. The number of hydrogen-bond donors (Lipinski definition) is 1. The molecule has 1 aromatic rings. The van der Waals surface area contributed by atoms with E-state index in [9.17, 15) is 4.79 Å². The molecule has 2 aliphatic carbocycles. The lowest BCUT2D eigenvalue weighted by Crippen LogP contribution is -2.57. The summed E-state index contributed by atoms with van der Waals surface area (Å²) in [5.41, 5.74) is 2.28. The van der Waals surface area contributed by atoms with Gasteiger partial charge in [-0.25, -0.2) is 0 Å². The van der Waals surface area contributed by atoms with E-state index >= 15 is 0 Å². The van der Waals surface area contributed by atoms with Crippen LogP contribution in [0.2, 0.25) is 0 Å². The number of carbonyl (C=O) groups excluding carboxylic acids is 1. The summed E-state index contributed by atoms with van der Waals surface area (Å²) in [7, 11) is 0. The van der Waals surface area contributed by atoms with E-state index < -0.39 is 0 Å². The lowest BCUT2D eigenvalue weighted by molar-refractivity contribution is -0.135. The Morgan fingerprint density at radius 2 is 1.91 bits per heavy atom. The number of nitrogens with zero attached hydrogens (tertiary/aromatic N) is 1. The number of benzene rings is 1. The van der Waals surface area contributed by atoms with Crippen LogP contribution >= 0.6 is 0 Å². The van der Waals surface area contributed by atoms with Gasteiger partial charge in [0.2, 0.25) is 5.91 Å². The first-order valence-corrected chi connectivity index (χ1v) is 9.04. The van der Waals surface area contributed by atoms with E-state index in [0.29, 0.717) is 23.7 Å². The predicted molar refractivity (Wildman–Crippen MR) is 89.5 cm³/mol. The van der Waals surface area contributed by atoms with Crippen molar-refractivity contribution in [1.82, 2.24) is 10.2 Å². The SMILES string of the molecule is Cc1ccc([C@@]23NCCCCN2C(=O)[C@@H]2[C@H]3[C@@H]3C=C[C@H]2C3)cc1. The Balaban J connectivity index is 1.70. The predicted octanol–water partition coefficient (Wildman–Crippen LogP) is 2.81. The van der Waals surface area contributed by atoms with Crippen LogP contribution < -0.4 is 5.32 Å². The highest BCUT2D eigenvalue weighted by Gasteiger charge is 2.66. The number of allylic oxidation sites excluding steroid dienone is 2. The van der Waals surface area contributed by atoms with Crippen molar-refractivity contribution in [3.63, 3.8) is 0 Å². The van der Waals surface area contributed by atoms with Crippen molar-refractivity contribution in [3.05, 3.63) is 47.5 Å². The van der Waals surface area contributed by atoms with Crippen molar-refractivity contribution < 1.29 is 4.79 Å². The van der Waals surface area contributed by atoms with Gasteiger partial charge in [0.15, 0.2) is 0 Å². The molecule has 0 radical (unpaired) electrons. The Hall–Kier alpha value is -1.61. The minimum atomic E-state index is -0.282. The van der Waals surface area contributed by atoms with Crippen LogP contribution in [0.5, 0.6) is 0 Å². The molecule has 4 aliphatic rings. The molecule has 1 saturated carbocycles. The fourth-order valence-electron chi connectivity index (χ4n) is 5.69. The second-order valence-corrected chi connectivity index (χ2v) is 7.76. The third-order valence-corrected chi connectivity index (χ3v) is 6.61. The first kappa shape index (κ1) is 13.8. The molecule has 0 spiro atoms. The summed E-state index contributed by atoms with van der Waals surface area (Å²) >= 11 is 0. The molecule has 1 aromatic carbocycles. The van der Waals surface area contributed by atoms with Crippen molar-refractivity contribution in [1.29, 1.82) is 0 Å². The molecule has 5 atom stereocenters. The van der Waals surface area contributed by atoms with E-state index in [1.807, 2.05) is 0 Å². The molecule has 2 aliphatic heterocycles. The van der Waals surface area contributed by atoms with E-state index in [2.05, 4.69) is 53.6 Å². The van der Waals surface area contributed by atoms with Gasteiger partial charge in [-0.3, -0.25) is 10.1 Å². The Labute approximate surface area is 137 Å². The highest BCUT2D eigenvalue weighted by molar-refractivity contribution is 5.85. The minimum Gasteiger partial charge on any atom is -0.320 e. The zero-order valence-electron chi connectivity index (χ0n) is 13.7. The molecule has 2 heterocycles. The second-order valence-electron chi connectivity index (χ2n) is 7.76. The topological polar surface area (TPSA) is 32.3 Å². The van der Waals surface area contributed by atoms with Crippen molar-refractivity contribution in [2.75, 3.05) is 13.1 Å². The molecule has 0 unspecified atom stereocenters. The van der Waals surface area contributed by atoms with E-state index in [4.69, 9.17) is 0 Å². The number of carbonyl (C=O) groups is 1. The number of hydrogen-bond acceptors (Lipinski definition) is 2. The monoisotopic (exact) mass is 308 g/mol. The van der Waals surface area contributed by atoms with Crippen LogP contribution in [0.15, 0.2) is 36.4 Å². The molecule has 0 aromatic heterocycles. The van der Waals surface area contributed by atoms with Crippen LogP contribution in [0.1, 0.15) is 30.4 Å². The molecular formula is C20H24N2O. The second kappa shape index (κ2) is 4.70. The minimum absolute atomic E-state index is 0.192. The van der Waals surface area contributed by atoms with Crippen LogP contribution in [0, 0.1) is 30.6 Å². The van der Waals surface area contributed by atoms with Crippen molar-refractivity contribution in [3.8, 4) is 0 Å². The van der Waals surface area contributed by atoms with E-state index in [0.717, 1.165) is 25.9 Å². The fraction of sp³-hybridized carbons (Fsp3) is 0.550. The normalized spacial score (nSPS) is 41.1.